The van der Waals surface area contributed by atoms with Gasteiger partial charge in [0, 0.05) is 11.8 Å². The highest BCUT2D eigenvalue weighted by Crippen LogP contribution is 2.30. The molecule has 0 saturated heterocycles. The normalized spacial score (nSPS) is 12.1. The Morgan fingerprint density at radius 3 is 2.50 bits per heavy atom. The van der Waals surface area contributed by atoms with E-state index in [2.05, 4.69) is 9.97 Å². The number of thioether (sulfide) groups is 1. The van der Waals surface area contributed by atoms with Crippen molar-refractivity contribution in [2.45, 2.75) is 25.0 Å². The molecule has 2 N–H and O–H groups in total. The predicted octanol–water partition coefficient (Wildman–Crippen LogP) is 2.83. The Kier molecular flexibility index (Phi) is 4.01. The van der Waals surface area contributed by atoms with Crippen molar-refractivity contribution in [2.24, 2.45) is 5.92 Å². The number of aromatic nitrogens is 2. The summed E-state index contributed by atoms with van der Waals surface area (Å²) in [5.41, 5.74) is 4.23. The van der Waals surface area contributed by atoms with Gasteiger partial charge in [-0.2, -0.15) is 13.2 Å². The lowest BCUT2D eigenvalue weighted by atomic mass is 10.3. The quantitative estimate of drug-likeness (QED) is 0.663. The van der Waals surface area contributed by atoms with Gasteiger partial charge in [0.15, 0.2) is 5.69 Å². The van der Waals surface area contributed by atoms with E-state index in [1.54, 1.807) is 0 Å². The van der Waals surface area contributed by atoms with Crippen LogP contribution in [-0.2, 0) is 6.18 Å². The van der Waals surface area contributed by atoms with Gasteiger partial charge in [0.2, 0.25) is 5.95 Å². The Balaban J connectivity index is 2.90. The minimum atomic E-state index is -4.48. The van der Waals surface area contributed by atoms with Crippen molar-refractivity contribution in [3.8, 4) is 0 Å². The second-order valence-corrected chi connectivity index (χ2v) is 4.69. The highest BCUT2D eigenvalue weighted by Gasteiger charge is 2.33. The lowest BCUT2D eigenvalue weighted by Crippen LogP contribution is -2.11. The maximum Gasteiger partial charge on any atom is 0.433 e. The fourth-order valence-electron chi connectivity index (χ4n) is 0.914. The van der Waals surface area contributed by atoms with Crippen LogP contribution in [0.25, 0.3) is 0 Å². The molecule has 0 atom stereocenters. The number of nitrogens with two attached hydrogens (primary N) is 1. The van der Waals surface area contributed by atoms with Gasteiger partial charge in [-0.3, -0.25) is 0 Å². The first-order valence-corrected chi connectivity index (χ1v) is 5.62. The van der Waals surface area contributed by atoms with Crippen molar-refractivity contribution in [3.63, 3.8) is 0 Å². The van der Waals surface area contributed by atoms with Crippen LogP contribution in [0.4, 0.5) is 19.1 Å². The van der Waals surface area contributed by atoms with Gasteiger partial charge < -0.3 is 5.73 Å². The standard InChI is InChI=1S/C9H12F3N3S/c1-5(2)4-16-7-3-6(9(10,11)12)14-8(13)15-7/h3,5H,4H2,1-2H3,(H2,13,14,15). The zero-order valence-electron chi connectivity index (χ0n) is 8.88. The smallest absolute Gasteiger partial charge is 0.368 e. The van der Waals surface area contributed by atoms with Crippen molar-refractivity contribution in [1.29, 1.82) is 0 Å². The molecule has 0 unspecified atom stereocenters. The molecular formula is C9H12F3N3S. The lowest BCUT2D eigenvalue weighted by molar-refractivity contribution is -0.141. The predicted molar refractivity (Wildman–Crippen MR) is 57.0 cm³/mol. The van der Waals surface area contributed by atoms with Gasteiger partial charge in [-0.05, 0) is 5.92 Å². The van der Waals surface area contributed by atoms with Crippen molar-refractivity contribution < 1.29 is 13.2 Å². The number of nitrogens with zero attached hydrogens (tertiary/aromatic N) is 2. The summed E-state index contributed by atoms with van der Waals surface area (Å²) in [4.78, 5) is 6.91. The molecule has 0 fully saturated rings. The first-order valence-electron chi connectivity index (χ1n) is 4.63. The number of halogens is 3. The Bertz CT molecular complexity index is 366. The molecule has 1 aromatic heterocycles. The van der Waals surface area contributed by atoms with E-state index in [4.69, 9.17) is 5.73 Å². The highest BCUT2D eigenvalue weighted by atomic mass is 32.2. The molecule has 0 aliphatic rings. The molecule has 16 heavy (non-hydrogen) atoms. The second-order valence-electron chi connectivity index (χ2n) is 3.65. The minimum Gasteiger partial charge on any atom is -0.368 e. The minimum absolute atomic E-state index is 0.258. The van der Waals surface area contributed by atoms with Gasteiger partial charge in [-0.25, -0.2) is 9.97 Å². The third kappa shape index (κ3) is 3.88. The van der Waals surface area contributed by atoms with Crippen molar-refractivity contribution >= 4 is 17.7 Å². The third-order valence-corrected chi connectivity index (χ3v) is 2.91. The molecule has 90 valence electrons. The largest absolute Gasteiger partial charge is 0.433 e. The van der Waals surface area contributed by atoms with Gasteiger partial charge >= 0.3 is 6.18 Å². The number of anilines is 1. The summed E-state index contributed by atoms with van der Waals surface area (Å²) in [7, 11) is 0. The van der Waals surface area contributed by atoms with Crippen LogP contribution >= 0.6 is 11.8 Å². The van der Waals surface area contributed by atoms with E-state index < -0.39 is 11.9 Å². The van der Waals surface area contributed by atoms with E-state index in [0.717, 1.165) is 6.07 Å². The molecule has 3 nitrogen and oxygen atoms in total. The first-order chi connectivity index (χ1) is 7.29. The summed E-state index contributed by atoms with van der Waals surface area (Å²) < 4.78 is 37.2. The molecule has 0 aliphatic heterocycles. The van der Waals surface area contributed by atoms with Crippen LogP contribution in [0, 0.1) is 5.92 Å². The molecule has 0 spiro atoms. The monoisotopic (exact) mass is 251 g/mol. The van der Waals surface area contributed by atoms with Gasteiger partial charge in [0.25, 0.3) is 0 Å². The van der Waals surface area contributed by atoms with Crippen molar-refractivity contribution in [3.05, 3.63) is 11.8 Å². The van der Waals surface area contributed by atoms with Gasteiger partial charge in [-0.15, -0.1) is 11.8 Å². The number of hydrogen-bond donors (Lipinski definition) is 1. The van der Waals surface area contributed by atoms with Crippen LogP contribution < -0.4 is 5.73 Å². The zero-order chi connectivity index (χ0) is 12.3. The fourth-order valence-corrected chi connectivity index (χ4v) is 1.77. The molecule has 0 bridgehead atoms. The van der Waals surface area contributed by atoms with Crippen LogP contribution in [-0.4, -0.2) is 15.7 Å². The Morgan fingerprint density at radius 1 is 1.38 bits per heavy atom. The maximum absolute atomic E-state index is 12.4. The SMILES string of the molecule is CC(C)CSc1cc(C(F)(F)F)nc(N)n1. The molecule has 1 heterocycles. The topological polar surface area (TPSA) is 51.8 Å². The van der Waals surface area contributed by atoms with E-state index in [9.17, 15) is 13.2 Å². The molecule has 7 heteroatoms. The second kappa shape index (κ2) is 4.90. The number of rotatable bonds is 3. The van der Waals surface area contributed by atoms with E-state index in [-0.39, 0.29) is 11.0 Å². The molecular weight excluding hydrogens is 239 g/mol. The number of nitrogen functional groups attached to an aromatic ring is 1. The summed E-state index contributed by atoms with van der Waals surface area (Å²) in [6.45, 7) is 3.95. The van der Waals surface area contributed by atoms with Crippen molar-refractivity contribution in [2.75, 3.05) is 11.5 Å². The Morgan fingerprint density at radius 2 is 2.00 bits per heavy atom. The average molecular weight is 251 g/mol. The van der Waals surface area contributed by atoms with Crippen LogP contribution in [0.2, 0.25) is 0 Å². The summed E-state index contributed by atoms with van der Waals surface area (Å²) >= 11 is 1.24. The van der Waals surface area contributed by atoms with Crippen LogP contribution in [0.1, 0.15) is 19.5 Å². The van der Waals surface area contributed by atoms with Gasteiger partial charge in [-0.1, -0.05) is 13.8 Å². The van der Waals surface area contributed by atoms with Crippen LogP contribution in [0.3, 0.4) is 0 Å². The summed E-state index contributed by atoms with van der Waals surface area (Å²) in [6.07, 6.45) is -4.48. The van der Waals surface area contributed by atoms with E-state index >= 15 is 0 Å². The molecule has 1 rings (SSSR count). The zero-order valence-corrected chi connectivity index (χ0v) is 9.69. The Hall–Kier alpha value is -0.980. The van der Waals surface area contributed by atoms with E-state index in [1.165, 1.54) is 11.8 Å². The number of alkyl halides is 3. The fraction of sp³-hybridized carbons (Fsp3) is 0.556. The molecule has 0 saturated carbocycles. The van der Waals surface area contributed by atoms with E-state index in [1.807, 2.05) is 13.8 Å². The molecule has 0 aromatic carbocycles. The van der Waals surface area contributed by atoms with Crippen LogP contribution in [0.15, 0.2) is 11.1 Å². The average Bonchev–Trinajstić information content (AvgIpc) is 2.12. The maximum atomic E-state index is 12.4. The van der Waals surface area contributed by atoms with Gasteiger partial charge in [0.1, 0.15) is 5.03 Å². The summed E-state index contributed by atoms with van der Waals surface area (Å²) in [5.74, 6) is 0.713. The molecule has 1 aromatic rings. The Labute approximate surface area is 95.7 Å². The summed E-state index contributed by atoms with van der Waals surface area (Å²) in [6, 6.07) is 0.920. The lowest BCUT2D eigenvalue weighted by Gasteiger charge is -2.09. The molecule has 0 radical (unpaired) electrons. The van der Waals surface area contributed by atoms with Crippen molar-refractivity contribution in [1.82, 2.24) is 9.97 Å². The van der Waals surface area contributed by atoms with Crippen LogP contribution in [0.5, 0.6) is 0 Å². The third-order valence-electron chi connectivity index (χ3n) is 1.57. The molecule has 0 amide bonds. The summed E-state index contributed by atoms with van der Waals surface area (Å²) in [5, 5.41) is 0.258. The first kappa shape index (κ1) is 13.1. The molecule has 0 aliphatic carbocycles. The number of hydrogen-bond acceptors (Lipinski definition) is 4. The van der Waals surface area contributed by atoms with E-state index in [0.29, 0.717) is 11.7 Å². The highest BCUT2D eigenvalue weighted by molar-refractivity contribution is 7.99. The van der Waals surface area contributed by atoms with Gasteiger partial charge in [0.05, 0.1) is 0 Å².